The Morgan fingerprint density at radius 1 is 1.37 bits per heavy atom. The first-order valence-electron chi connectivity index (χ1n) is 6.46. The number of hydrogen-bond acceptors (Lipinski definition) is 4. The number of aliphatic hydroxyl groups excluding tert-OH is 1. The van der Waals surface area contributed by atoms with Crippen molar-refractivity contribution < 1.29 is 9.84 Å². The molecule has 1 aliphatic heterocycles. The molecule has 0 unspecified atom stereocenters. The third-order valence-corrected chi connectivity index (χ3v) is 3.60. The molecule has 108 valence electrons. The molecule has 1 aromatic carbocycles. The van der Waals surface area contributed by atoms with Crippen LogP contribution in [0.15, 0.2) is 18.2 Å². The van der Waals surface area contributed by atoms with E-state index in [-0.39, 0.29) is 25.1 Å². The fourth-order valence-corrected chi connectivity index (χ4v) is 2.55. The van der Waals surface area contributed by atoms with Crippen LogP contribution in [0.2, 0.25) is 0 Å². The molecule has 0 saturated carbocycles. The van der Waals surface area contributed by atoms with E-state index in [0.717, 1.165) is 31.9 Å². The van der Waals surface area contributed by atoms with Gasteiger partial charge in [0.25, 0.3) is 0 Å². The summed E-state index contributed by atoms with van der Waals surface area (Å²) in [5, 5.41) is 13.0. The van der Waals surface area contributed by atoms with Gasteiger partial charge in [-0.3, -0.25) is 4.90 Å². The van der Waals surface area contributed by atoms with Crippen molar-refractivity contribution in [2.75, 3.05) is 39.9 Å². The molecular formula is C14H23ClN2O2. The Balaban J connectivity index is 0.00000180. The van der Waals surface area contributed by atoms with Gasteiger partial charge in [0.2, 0.25) is 0 Å². The van der Waals surface area contributed by atoms with Gasteiger partial charge in [-0.1, -0.05) is 6.07 Å². The average molecular weight is 287 g/mol. The van der Waals surface area contributed by atoms with Gasteiger partial charge in [-0.15, -0.1) is 12.4 Å². The summed E-state index contributed by atoms with van der Waals surface area (Å²) in [6.07, 6.45) is 0. The number of ether oxygens (including phenoxy) is 1. The van der Waals surface area contributed by atoms with E-state index in [0.29, 0.717) is 0 Å². The van der Waals surface area contributed by atoms with Crippen molar-refractivity contribution in [3.63, 3.8) is 0 Å². The highest BCUT2D eigenvalue weighted by molar-refractivity contribution is 5.85. The van der Waals surface area contributed by atoms with E-state index in [2.05, 4.69) is 23.2 Å². The van der Waals surface area contributed by atoms with Crippen molar-refractivity contribution >= 4 is 12.4 Å². The zero-order chi connectivity index (χ0) is 13.0. The molecule has 1 atom stereocenters. The molecule has 1 aliphatic rings. The molecule has 0 amide bonds. The second-order valence-electron chi connectivity index (χ2n) is 4.71. The smallest absolute Gasteiger partial charge is 0.119 e. The molecule has 0 spiro atoms. The van der Waals surface area contributed by atoms with Crippen LogP contribution in [0.4, 0.5) is 0 Å². The molecule has 0 radical (unpaired) electrons. The van der Waals surface area contributed by atoms with Crippen LogP contribution in [0, 0.1) is 6.92 Å². The highest BCUT2D eigenvalue weighted by Gasteiger charge is 2.22. The van der Waals surface area contributed by atoms with E-state index < -0.39 is 0 Å². The van der Waals surface area contributed by atoms with Gasteiger partial charge in [0.1, 0.15) is 5.75 Å². The lowest BCUT2D eigenvalue weighted by atomic mass is 9.99. The Kier molecular flexibility index (Phi) is 6.58. The van der Waals surface area contributed by atoms with Crippen LogP contribution < -0.4 is 10.1 Å². The van der Waals surface area contributed by atoms with E-state index in [1.165, 1.54) is 11.1 Å². The molecule has 19 heavy (non-hydrogen) atoms. The van der Waals surface area contributed by atoms with Gasteiger partial charge in [-0.05, 0) is 30.2 Å². The number of piperazine rings is 1. The third kappa shape index (κ3) is 3.83. The molecule has 1 heterocycles. The number of methoxy groups -OCH3 is 1. The molecule has 1 saturated heterocycles. The number of nitrogens with zero attached hydrogens (tertiary/aromatic N) is 1. The second-order valence-corrected chi connectivity index (χ2v) is 4.71. The van der Waals surface area contributed by atoms with Gasteiger partial charge >= 0.3 is 0 Å². The molecule has 4 nitrogen and oxygen atoms in total. The third-order valence-electron chi connectivity index (χ3n) is 3.60. The predicted octanol–water partition coefficient (Wildman–Crippen LogP) is 1.36. The average Bonchev–Trinajstić information content (AvgIpc) is 2.42. The van der Waals surface area contributed by atoms with Gasteiger partial charge < -0.3 is 15.2 Å². The van der Waals surface area contributed by atoms with Crippen molar-refractivity contribution in [2.45, 2.75) is 13.0 Å². The first-order chi connectivity index (χ1) is 8.76. The van der Waals surface area contributed by atoms with Crippen LogP contribution >= 0.6 is 12.4 Å². The maximum Gasteiger partial charge on any atom is 0.119 e. The van der Waals surface area contributed by atoms with Crippen LogP contribution in [0.1, 0.15) is 17.2 Å². The van der Waals surface area contributed by atoms with E-state index in [1.807, 2.05) is 12.1 Å². The van der Waals surface area contributed by atoms with Gasteiger partial charge in [0.15, 0.2) is 0 Å². The summed E-state index contributed by atoms with van der Waals surface area (Å²) in [5.41, 5.74) is 2.37. The maximum absolute atomic E-state index is 9.69. The zero-order valence-electron chi connectivity index (χ0n) is 11.6. The summed E-state index contributed by atoms with van der Waals surface area (Å²) in [6.45, 7) is 6.18. The summed E-state index contributed by atoms with van der Waals surface area (Å²) in [4.78, 5) is 2.34. The Hall–Kier alpha value is -0.810. The molecule has 0 bridgehead atoms. The van der Waals surface area contributed by atoms with Crippen molar-refractivity contribution in [1.29, 1.82) is 0 Å². The highest BCUT2D eigenvalue weighted by Crippen LogP contribution is 2.26. The van der Waals surface area contributed by atoms with Crippen LogP contribution in [0.3, 0.4) is 0 Å². The minimum absolute atomic E-state index is 0. The van der Waals surface area contributed by atoms with Crippen LogP contribution in [-0.2, 0) is 0 Å². The summed E-state index contributed by atoms with van der Waals surface area (Å²) in [5.74, 6) is 0.869. The van der Waals surface area contributed by atoms with Gasteiger partial charge in [0, 0.05) is 26.2 Å². The lowest BCUT2D eigenvalue weighted by molar-refractivity contribution is 0.110. The van der Waals surface area contributed by atoms with Gasteiger partial charge in [-0.25, -0.2) is 0 Å². The summed E-state index contributed by atoms with van der Waals surface area (Å²) >= 11 is 0. The number of hydrogen-bond donors (Lipinski definition) is 2. The molecule has 1 aromatic rings. The maximum atomic E-state index is 9.69. The Morgan fingerprint density at radius 2 is 2.05 bits per heavy atom. The minimum atomic E-state index is 0. The quantitative estimate of drug-likeness (QED) is 0.877. The minimum Gasteiger partial charge on any atom is -0.497 e. The summed E-state index contributed by atoms with van der Waals surface area (Å²) in [6, 6.07) is 6.16. The van der Waals surface area contributed by atoms with Crippen molar-refractivity contribution in [3.05, 3.63) is 29.3 Å². The van der Waals surface area contributed by atoms with Crippen molar-refractivity contribution in [2.24, 2.45) is 0 Å². The standard InChI is InChI=1S/C14H22N2O2.ClH/c1-11-9-12(18-2)3-4-13(11)14(10-17)16-7-5-15-6-8-16;/h3-4,9,14-15,17H,5-8,10H2,1-2H3;1H/t14-;/m0./s1. The monoisotopic (exact) mass is 286 g/mol. The first-order valence-corrected chi connectivity index (χ1v) is 6.46. The molecule has 2 N–H and O–H groups in total. The fraction of sp³-hybridized carbons (Fsp3) is 0.571. The lowest BCUT2D eigenvalue weighted by Gasteiger charge is -2.34. The fourth-order valence-electron chi connectivity index (χ4n) is 2.55. The van der Waals surface area contributed by atoms with Crippen LogP contribution in [0.5, 0.6) is 5.75 Å². The molecular weight excluding hydrogens is 264 g/mol. The van der Waals surface area contributed by atoms with E-state index in [4.69, 9.17) is 4.74 Å². The Morgan fingerprint density at radius 3 is 2.58 bits per heavy atom. The first kappa shape index (κ1) is 16.2. The van der Waals surface area contributed by atoms with Crippen LogP contribution in [-0.4, -0.2) is 49.9 Å². The summed E-state index contributed by atoms with van der Waals surface area (Å²) in [7, 11) is 1.67. The topological polar surface area (TPSA) is 44.7 Å². The number of aliphatic hydroxyl groups is 1. The van der Waals surface area contributed by atoms with Crippen LogP contribution in [0.25, 0.3) is 0 Å². The predicted molar refractivity (Wildman–Crippen MR) is 79.2 cm³/mol. The largest absolute Gasteiger partial charge is 0.497 e. The van der Waals surface area contributed by atoms with Gasteiger partial charge in [0.05, 0.1) is 19.8 Å². The normalized spacial score (nSPS) is 17.6. The summed E-state index contributed by atoms with van der Waals surface area (Å²) < 4.78 is 5.22. The molecule has 0 aliphatic carbocycles. The van der Waals surface area contributed by atoms with Crippen molar-refractivity contribution in [1.82, 2.24) is 10.2 Å². The van der Waals surface area contributed by atoms with E-state index in [1.54, 1.807) is 7.11 Å². The molecule has 5 heteroatoms. The Bertz CT molecular complexity index is 395. The number of halogens is 1. The highest BCUT2D eigenvalue weighted by atomic mass is 35.5. The number of benzene rings is 1. The number of rotatable bonds is 4. The lowest BCUT2D eigenvalue weighted by Crippen LogP contribution is -2.46. The number of nitrogens with one attached hydrogen (secondary N) is 1. The molecule has 0 aromatic heterocycles. The van der Waals surface area contributed by atoms with E-state index >= 15 is 0 Å². The Labute approximate surface area is 121 Å². The van der Waals surface area contributed by atoms with Crippen molar-refractivity contribution in [3.8, 4) is 5.75 Å². The van der Waals surface area contributed by atoms with Gasteiger partial charge in [-0.2, -0.15) is 0 Å². The molecule has 1 fully saturated rings. The SMILES string of the molecule is COc1ccc([C@H](CO)N2CCNCC2)c(C)c1.Cl. The number of aryl methyl sites for hydroxylation is 1. The molecule has 2 rings (SSSR count). The second kappa shape index (κ2) is 7.70. The van der Waals surface area contributed by atoms with E-state index in [9.17, 15) is 5.11 Å². The zero-order valence-corrected chi connectivity index (χ0v) is 12.4.